The van der Waals surface area contributed by atoms with Gasteiger partial charge in [0.15, 0.2) is 0 Å². The van der Waals surface area contributed by atoms with Crippen molar-refractivity contribution in [1.29, 1.82) is 0 Å². The Morgan fingerprint density at radius 3 is 2.50 bits per heavy atom. The van der Waals surface area contributed by atoms with Crippen LogP contribution in [0, 0.1) is 0 Å². The van der Waals surface area contributed by atoms with E-state index in [9.17, 15) is 24.0 Å². The van der Waals surface area contributed by atoms with E-state index in [-0.39, 0.29) is 24.6 Å². The molecule has 0 saturated carbocycles. The molecule has 1 aliphatic heterocycles. The number of hydrogen-bond donors (Lipinski definition) is 3. The van der Waals surface area contributed by atoms with E-state index in [4.69, 9.17) is 9.78 Å². The molecule has 0 radical (unpaired) electrons. The van der Waals surface area contributed by atoms with Gasteiger partial charge in [0.2, 0.25) is 0 Å². The third-order valence-corrected chi connectivity index (χ3v) is 8.26. The first-order valence-corrected chi connectivity index (χ1v) is 16.8. The van der Waals surface area contributed by atoms with Crippen LogP contribution in [0.5, 0.6) is 0 Å². The van der Waals surface area contributed by atoms with E-state index < -0.39 is 36.0 Å². The molecule has 1 fully saturated rings. The Morgan fingerprint density at radius 1 is 0.962 bits per heavy atom. The van der Waals surface area contributed by atoms with Gasteiger partial charge in [-0.3, -0.25) is 24.3 Å². The Morgan fingerprint density at radius 2 is 1.73 bits per heavy atom. The zero-order valence-corrected chi connectivity index (χ0v) is 29.3. The van der Waals surface area contributed by atoms with Gasteiger partial charge in [0, 0.05) is 53.5 Å². The minimum atomic E-state index is -0.974. The highest BCUT2D eigenvalue weighted by molar-refractivity contribution is 6.06. The summed E-state index contributed by atoms with van der Waals surface area (Å²) < 4.78 is 0. The number of aromatic amines is 1. The lowest BCUT2D eigenvalue weighted by Gasteiger charge is -2.16. The molecule has 272 valence electrons. The van der Waals surface area contributed by atoms with E-state index in [0.717, 1.165) is 41.6 Å². The number of carbonyl (C=O) groups excluding carboxylic acids is 5. The van der Waals surface area contributed by atoms with Crippen LogP contribution in [0.4, 0.5) is 10.5 Å². The number of amides is 4. The second-order valence-corrected chi connectivity index (χ2v) is 12.4. The number of aromatic nitrogens is 1. The number of nitrogens with zero attached hydrogens (tertiary/aromatic N) is 2. The third kappa shape index (κ3) is 9.69. The van der Waals surface area contributed by atoms with Gasteiger partial charge in [-0.05, 0) is 86.9 Å². The predicted octanol–water partition coefficient (Wildman–Crippen LogP) is 4.77. The van der Waals surface area contributed by atoms with Crippen molar-refractivity contribution in [1.82, 2.24) is 20.1 Å². The van der Waals surface area contributed by atoms with Gasteiger partial charge in [-0.25, -0.2) is 14.4 Å². The number of likely N-dealkylation sites (N-methyl/N-ethyl adjacent to an activating group) is 1. The molecule has 3 N–H and O–H groups in total. The standard InChI is InChI=1S/C38H41N5O9/c1-5-49-51-34(44)15-16-35(45)52-50-24(2)29-11-6-7-12-30(29)36(46)40-28-10-8-9-26(19-28)23-43-37(47)33(41-38(43)48)21-25-13-14-32-31(20-25)27(22-39-32)17-18-42(3)4/h6-16,19-20,22,24,33,39H,5,17-18,21,23H2,1-4H3,(H,40,46)(H,41,48)/b16-15-. The van der Waals surface area contributed by atoms with E-state index in [1.54, 1.807) is 62.4 Å². The first-order valence-electron chi connectivity index (χ1n) is 16.8. The molecular formula is C38H41N5O9. The average molecular weight is 712 g/mol. The van der Waals surface area contributed by atoms with Crippen LogP contribution in [-0.2, 0) is 53.3 Å². The number of benzene rings is 3. The highest BCUT2D eigenvalue weighted by Gasteiger charge is 2.38. The van der Waals surface area contributed by atoms with Gasteiger partial charge < -0.3 is 20.5 Å². The molecule has 1 aromatic heterocycles. The fraction of sp³-hybridized carbons (Fsp3) is 0.289. The van der Waals surface area contributed by atoms with Crippen molar-refractivity contribution in [3.05, 3.63) is 113 Å². The van der Waals surface area contributed by atoms with Gasteiger partial charge in [0.05, 0.1) is 13.2 Å². The largest absolute Gasteiger partial charge is 0.366 e. The molecule has 14 nitrogen and oxygen atoms in total. The van der Waals surface area contributed by atoms with Gasteiger partial charge in [0.25, 0.3) is 11.8 Å². The number of imide groups is 1. The fourth-order valence-electron chi connectivity index (χ4n) is 5.67. The molecule has 0 bridgehead atoms. The summed E-state index contributed by atoms with van der Waals surface area (Å²) in [6.07, 6.45) is 4.03. The summed E-state index contributed by atoms with van der Waals surface area (Å²) in [5, 5.41) is 6.77. The molecule has 4 aromatic rings. The first kappa shape index (κ1) is 37.4. The second kappa shape index (κ2) is 17.4. The van der Waals surface area contributed by atoms with Crippen molar-refractivity contribution < 1.29 is 43.5 Å². The topological polar surface area (TPSA) is 169 Å². The van der Waals surface area contributed by atoms with Crippen molar-refractivity contribution in [3.8, 4) is 0 Å². The minimum Gasteiger partial charge on any atom is -0.361 e. The highest BCUT2D eigenvalue weighted by atomic mass is 17.2. The first-order chi connectivity index (χ1) is 25.0. The van der Waals surface area contributed by atoms with Crippen LogP contribution >= 0.6 is 0 Å². The molecule has 2 heterocycles. The molecule has 5 rings (SSSR count). The van der Waals surface area contributed by atoms with Gasteiger partial charge >= 0.3 is 18.0 Å². The number of nitrogens with one attached hydrogen (secondary N) is 3. The molecule has 2 unspecified atom stereocenters. The molecule has 52 heavy (non-hydrogen) atoms. The number of carbonyl (C=O) groups is 5. The molecule has 14 heteroatoms. The van der Waals surface area contributed by atoms with Crippen molar-refractivity contribution in [2.45, 2.75) is 45.4 Å². The lowest BCUT2D eigenvalue weighted by Crippen LogP contribution is -2.32. The summed E-state index contributed by atoms with van der Waals surface area (Å²) in [5.74, 6) is -2.67. The van der Waals surface area contributed by atoms with Crippen LogP contribution in [0.2, 0.25) is 0 Å². The van der Waals surface area contributed by atoms with Crippen LogP contribution in [0.1, 0.15) is 52.6 Å². The monoisotopic (exact) mass is 711 g/mol. The molecule has 0 aliphatic carbocycles. The summed E-state index contributed by atoms with van der Waals surface area (Å²) in [6, 6.07) is 18.3. The molecule has 1 aliphatic rings. The predicted molar refractivity (Wildman–Crippen MR) is 190 cm³/mol. The van der Waals surface area contributed by atoms with Crippen molar-refractivity contribution in [3.63, 3.8) is 0 Å². The highest BCUT2D eigenvalue weighted by Crippen LogP contribution is 2.25. The summed E-state index contributed by atoms with van der Waals surface area (Å²) in [5.41, 5.74) is 4.92. The summed E-state index contributed by atoms with van der Waals surface area (Å²) >= 11 is 0. The Balaban J connectivity index is 1.19. The molecule has 0 spiro atoms. The maximum absolute atomic E-state index is 13.4. The number of H-pyrrole nitrogens is 1. The Bertz CT molecular complexity index is 1970. The maximum atomic E-state index is 13.4. The molecule has 4 amide bonds. The Kier molecular flexibility index (Phi) is 12.5. The lowest BCUT2D eigenvalue weighted by molar-refractivity contribution is -0.293. The number of anilines is 1. The molecule has 3 aromatic carbocycles. The van der Waals surface area contributed by atoms with Gasteiger partial charge in [-0.1, -0.05) is 36.4 Å². The third-order valence-electron chi connectivity index (χ3n) is 8.26. The molecular weight excluding hydrogens is 670 g/mol. The lowest BCUT2D eigenvalue weighted by atomic mass is 10.0. The number of hydrogen-bond acceptors (Lipinski definition) is 10. The summed E-state index contributed by atoms with van der Waals surface area (Å²) in [6.45, 7) is 4.28. The zero-order chi connectivity index (χ0) is 37.2. The Hall–Kier alpha value is -5.83. The van der Waals surface area contributed by atoms with Crippen LogP contribution in [0.15, 0.2) is 85.1 Å². The molecule has 2 atom stereocenters. The summed E-state index contributed by atoms with van der Waals surface area (Å²) in [7, 11) is 4.07. The molecule has 1 saturated heterocycles. The SMILES string of the molecule is CCOOC(=O)/C=C\C(=O)OOC(C)c1ccccc1C(=O)Nc1cccc(CN2C(=O)NC(Cc3ccc4[nH]cc(CCN(C)C)c4c3)C2=O)c1. The van der Waals surface area contributed by atoms with E-state index in [2.05, 4.69) is 36.4 Å². The van der Waals surface area contributed by atoms with Crippen LogP contribution in [0.25, 0.3) is 10.9 Å². The van der Waals surface area contributed by atoms with E-state index in [1.165, 1.54) is 10.5 Å². The zero-order valence-electron chi connectivity index (χ0n) is 29.3. The Labute approximate surface area is 300 Å². The van der Waals surface area contributed by atoms with Crippen LogP contribution in [0.3, 0.4) is 0 Å². The second-order valence-electron chi connectivity index (χ2n) is 12.4. The van der Waals surface area contributed by atoms with Gasteiger partial charge in [-0.15, -0.1) is 0 Å². The van der Waals surface area contributed by atoms with E-state index >= 15 is 0 Å². The quantitative estimate of drug-likeness (QED) is 0.0637. The number of urea groups is 1. The van der Waals surface area contributed by atoms with Crippen molar-refractivity contribution in [2.75, 3.05) is 32.6 Å². The van der Waals surface area contributed by atoms with Crippen molar-refractivity contribution in [2.24, 2.45) is 0 Å². The van der Waals surface area contributed by atoms with E-state index in [0.29, 0.717) is 23.2 Å². The number of rotatable bonds is 16. The van der Waals surface area contributed by atoms with Gasteiger partial charge in [0.1, 0.15) is 12.1 Å². The maximum Gasteiger partial charge on any atom is 0.366 e. The number of fused-ring (bicyclic) bond motifs is 1. The average Bonchev–Trinajstić information content (AvgIpc) is 3.66. The minimum absolute atomic E-state index is 0.0149. The van der Waals surface area contributed by atoms with Crippen LogP contribution < -0.4 is 10.6 Å². The van der Waals surface area contributed by atoms with Crippen LogP contribution in [-0.4, -0.2) is 77.9 Å². The summed E-state index contributed by atoms with van der Waals surface area (Å²) in [4.78, 5) is 88.6. The van der Waals surface area contributed by atoms with Crippen molar-refractivity contribution >= 4 is 46.4 Å². The van der Waals surface area contributed by atoms with Gasteiger partial charge in [-0.2, -0.15) is 9.78 Å². The fourth-order valence-corrected chi connectivity index (χ4v) is 5.67. The smallest absolute Gasteiger partial charge is 0.361 e. The van der Waals surface area contributed by atoms with E-state index in [1.807, 2.05) is 32.4 Å². The normalized spacial score (nSPS) is 14.9.